The Bertz CT molecular complexity index is 789. The van der Waals surface area contributed by atoms with Crippen molar-refractivity contribution in [1.29, 1.82) is 0 Å². The molecule has 0 amide bonds. The van der Waals surface area contributed by atoms with E-state index in [1.807, 2.05) is 35.7 Å². The number of rotatable bonds is 4. The van der Waals surface area contributed by atoms with Gasteiger partial charge in [0.2, 0.25) is 0 Å². The minimum atomic E-state index is -0.386. The summed E-state index contributed by atoms with van der Waals surface area (Å²) in [5.74, 6) is 0.888. The summed E-state index contributed by atoms with van der Waals surface area (Å²) in [5, 5.41) is 2.82. The van der Waals surface area contributed by atoms with Crippen molar-refractivity contribution in [3.05, 3.63) is 64.6 Å². The van der Waals surface area contributed by atoms with Crippen LogP contribution in [-0.4, -0.2) is 11.0 Å². The van der Waals surface area contributed by atoms with E-state index in [0.29, 0.717) is 17.1 Å². The molecular weight excluding hydrogens is 298 g/mol. The van der Waals surface area contributed by atoms with Crippen LogP contribution in [0.1, 0.15) is 27.6 Å². The van der Waals surface area contributed by atoms with Crippen LogP contribution in [0.25, 0.3) is 10.6 Å². The number of furan rings is 1. The smallest absolute Gasteiger partial charge is 0.342 e. The third-order valence-electron chi connectivity index (χ3n) is 3.18. The Morgan fingerprint density at radius 3 is 2.73 bits per heavy atom. The first kappa shape index (κ1) is 14.5. The zero-order chi connectivity index (χ0) is 15.5. The highest BCUT2D eigenvalue weighted by Crippen LogP contribution is 2.24. The first-order chi connectivity index (χ1) is 10.6. The average molecular weight is 313 g/mol. The number of aryl methyl sites for hydroxylation is 2. The molecule has 3 aromatic rings. The molecule has 0 saturated carbocycles. The van der Waals surface area contributed by atoms with Crippen LogP contribution in [0.5, 0.6) is 0 Å². The van der Waals surface area contributed by atoms with E-state index in [-0.39, 0.29) is 12.6 Å². The lowest BCUT2D eigenvalue weighted by Gasteiger charge is -2.01. The Morgan fingerprint density at radius 1 is 1.27 bits per heavy atom. The van der Waals surface area contributed by atoms with E-state index in [9.17, 15) is 4.79 Å². The first-order valence-electron chi connectivity index (χ1n) is 6.87. The van der Waals surface area contributed by atoms with Gasteiger partial charge >= 0.3 is 5.97 Å². The van der Waals surface area contributed by atoms with E-state index in [1.165, 1.54) is 11.3 Å². The van der Waals surface area contributed by atoms with Crippen LogP contribution in [-0.2, 0) is 11.3 Å². The van der Waals surface area contributed by atoms with Crippen LogP contribution in [0.2, 0.25) is 0 Å². The van der Waals surface area contributed by atoms with Crippen molar-refractivity contribution in [3.63, 3.8) is 0 Å². The monoisotopic (exact) mass is 313 g/mol. The van der Waals surface area contributed by atoms with Gasteiger partial charge in [-0.1, -0.05) is 30.3 Å². The molecule has 0 aliphatic carbocycles. The summed E-state index contributed by atoms with van der Waals surface area (Å²) >= 11 is 1.54. The van der Waals surface area contributed by atoms with Gasteiger partial charge in [-0.25, -0.2) is 9.78 Å². The third-order valence-corrected chi connectivity index (χ3v) is 4.12. The van der Waals surface area contributed by atoms with Crippen LogP contribution < -0.4 is 0 Å². The van der Waals surface area contributed by atoms with Crippen LogP contribution in [0.15, 0.2) is 46.2 Å². The summed E-state index contributed by atoms with van der Waals surface area (Å²) in [6.45, 7) is 3.71. The maximum Gasteiger partial charge on any atom is 0.342 e. The molecule has 0 fully saturated rings. The van der Waals surface area contributed by atoms with Crippen molar-refractivity contribution in [1.82, 2.24) is 4.98 Å². The summed E-state index contributed by atoms with van der Waals surface area (Å²) in [5.41, 5.74) is 2.28. The molecular formula is C17H15NO3S. The van der Waals surface area contributed by atoms with E-state index in [2.05, 4.69) is 4.98 Å². The van der Waals surface area contributed by atoms with Crippen molar-refractivity contribution in [2.75, 3.05) is 0 Å². The SMILES string of the molecule is Cc1cc(C(=O)OCc2csc(-c3ccccc3)n2)c(C)o1. The zero-order valence-corrected chi connectivity index (χ0v) is 13.1. The van der Waals surface area contributed by atoms with Crippen molar-refractivity contribution >= 4 is 17.3 Å². The molecule has 1 aromatic carbocycles. The summed E-state index contributed by atoms with van der Waals surface area (Å²) in [6.07, 6.45) is 0. The second kappa shape index (κ2) is 6.15. The van der Waals surface area contributed by atoms with E-state index in [1.54, 1.807) is 19.9 Å². The Kier molecular flexibility index (Phi) is 4.06. The van der Waals surface area contributed by atoms with Crippen LogP contribution in [0.3, 0.4) is 0 Å². The molecule has 2 aromatic heterocycles. The van der Waals surface area contributed by atoms with Crippen molar-refractivity contribution in [2.45, 2.75) is 20.5 Å². The van der Waals surface area contributed by atoms with Gasteiger partial charge in [0.1, 0.15) is 28.7 Å². The number of hydrogen-bond acceptors (Lipinski definition) is 5. The lowest BCUT2D eigenvalue weighted by molar-refractivity contribution is 0.0466. The highest BCUT2D eigenvalue weighted by atomic mass is 32.1. The molecule has 0 N–H and O–H groups in total. The Hall–Kier alpha value is -2.40. The Labute approximate surface area is 132 Å². The van der Waals surface area contributed by atoms with Gasteiger partial charge in [-0.15, -0.1) is 11.3 Å². The average Bonchev–Trinajstić information content (AvgIpc) is 3.12. The fraction of sp³-hybridized carbons (Fsp3) is 0.176. The van der Waals surface area contributed by atoms with Gasteiger partial charge < -0.3 is 9.15 Å². The van der Waals surface area contributed by atoms with Crippen LogP contribution in [0.4, 0.5) is 0 Å². The number of aromatic nitrogens is 1. The molecule has 0 aliphatic heterocycles. The number of benzene rings is 1. The number of carbonyl (C=O) groups is 1. The highest BCUT2D eigenvalue weighted by Gasteiger charge is 2.15. The molecule has 0 spiro atoms. The number of carbonyl (C=O) groups excluding carboxylic acids is 1. The van der Waals surface area contributed by atoms with E-state index < -0.39 is 0 Å². The maximum atomic E-state index is 12.0. The molecule has 2 heterocycles. The molecule has 0 bridgehead atoms. The Morgan fingerprint density at radius 2 is 2.05 bits per heavy atom. The van der Waals surface area contributed by atoms with Gasteiger partial charge in [0, 0.05) is 10.9 Å². The molecule has 0 aliphatic rings. The molecule has 112 valence electrons. The van der Waals surface area contributed by atoms with Crippen molar-refractivity contribution < 1.29 is 13.9 Å². The maximum absolute atomic E-state index is 12.0. The highest BCUT2D eigenvalue weighted by molar-refractivity contribution is 7.13. The lowest BCUT2D eigenvalue weighted by atomic mass is 10.2. The summed E-state index contributed by atoms with van der Waals surface area (Å²) < 4.78 is 10.6. The minimum Gasteiger partial charge on any atom is -0.466 e. The number of ether oxygens (including phenoxy) is 1. The van der Waals surface area contributed by atoms with Crippen molar-refractivity contribution in [2.24, 2.45) is 0 Å². The molecule has 5 heteroatoms. The fourth-order valence-electron chi connectivity index (χ4n) is 2.14. The standard InChI is InChI=1S/C17H15NO3S/c1-11-8-15(12(2)21-11)17(19)20-9-14-10-22-16(18-14)13-6-4-3-5-7-13/h3-8,10H,9H2,1-2H3. The Balaban J connectivity index is 1.66. The molecule has 22 heavy (non-hydrogen) atoms. The van der Waals surface area contributed by atoms with E-state index in [4.69, 9.17) is 9.15 Å². The van der Waals surface area contributed by atoms with Gasteiger partial charge in [0.15, 0.2) is 0 Å². The fourth-order valence-corrected chi connectivity index (χ4v) is 2.95. The first-order valence-corrected chi connectivity index (χ1v) is 7.75. The molecule has 0 atom stereocenters. The second-order valence-electron chi connectivity index (χ2n) is 4.91. The molecule has 3 rings (SSSR count). The zero-order valence-electron chi connectivity index (χ0n) is 12.3. The molecule has 4 nitrogen and oxygen atoms in total. The molecule has 0 unspecified atom stereocenters. The minimum absolute atomic E-state index is 0.159. The van der Waals surface area contributed by atoms with E-state index >= 15 is 0 Å². The van der Waals surface area contributed by atoms with Gasteiger partial charge in [0.05, 0.1) is 5.69 Å². The quantitative estimate of drug-likeness (QED) is 0.671. The van der Waals surface area contributed by atoms with Crippen LogP contribution in [0, 0.1) is 13.8 Å². The van der Waals surface area contributed by atoms with Gasteiger partial charge in [-0.2, -0.15) is 0 Å². The number of hydrogen-bond donors (Lipinski definition) is 0. The van der Waals surface area contributed by atoms with Gasteiger partial charge in [-0.3, -0.25) is 0 Å². The van der Waals surface area contributed by atoms with Gasteiger partial charge in [0.25, 0.3) is 0 Å². The van der Waals surface area contributed by atoms with E-state index in [0.717, 1.165) is 16.3 Å². The van der Waals surface area contributed by atoms with Gasteiger partial charge in [-0.05, 0) is 19.9 Å². The lowest BCUT2D eigenvalue weighted by Crippen LogP contribution is -2.05. The predicted molar refractivity (Wildman–Crippen MR) is 84.9 cm³/mol. The number of esters is 1. The molecule has 0 radical (unpaired) electrons. The summed E-state index contributed by atoms with van der Waals surface area (Å²) in [7, 11) is 0. The predicted octanol–water partition coefficient (Wildman–Crippen LogP) is 4.38. The second-order valence-corrected chi connectivity index (χ2v) is 5.77. The topological polar surface area (TPSA) is 52.3 Å². The normalized spacial score (nSPS) is 10.6. The van der Waals surface area contributed by atoms with Crippen molar-refractivity contribution in [3.8, 4) is 10.6 Å². The summed E-state index contributed by atoms with van der Waals surface area (Å²) in [4.78, 5) is 16.5. The summed E-state index contributed by atoms with van der Waals surface area (Å²) in [6, 6.07) is 11.6. The largest absolute Gasteiger partial charge is 0.466 e. The number of nitrogens with zero attached hydrogens (tertiary/aromatic N) is 1. The molecule has 0 saturated heterocycles. The third kappa shape index (κ3) is 3.09. The van der Waals surface area contributed by atoms with Crippen LogP contribution >= 0.6 is 11.3 Å². The number of thiazole rings is 1.